The van der Waals surface area contributed by atoms with Gasteiger partial charge in [-0.25, -0.2) is 0 Å². The summed E-state index contributed by atoms with van der Waals surface area (Å²) in [6.07, 6.45) is 0.900. The number of thioether (sulfide) groups is 1. The summed E-state index contributed by atoms with van der Waals surface area (Å²) in [6, 6.07) is 0. The maximum Gasteiger partial charge on any atom is 0.152 e. The highest BCUT2D eigenvalue weighted by molar-refractivity contribution is 8.01. The Kier molecular flexibility index (Phi) is 5.95. The minimum absolute atomic E-state index is 0.141. The van der Waals surface area contributed by atoms with Crippen LogP contribution in [0.3, 0.4) is 0 Å². The fourth-order valence-corrected chi connectivity index (χ4v) is 2.07. The summed E-state index contributed by atoms with van der Waals surface area (Å²) in [5, 5.41) is 12.3. The molecule has 0 saturated heterocycles. The fraction of sp³-hybridized carbons (Fsp3) is 0.889. The van der Waals surface area contributed by atoms with E-state index in [9.17, 15) is 0 Å². The molecule has 2 atom stereocenters. The van der Waals surface area contributed by atoms with Gasteiger partial charge in [0.05, 0.1) is 5.25 Å². The summed E-state index contributed by atoms with van der Waals surface area (Å²) in [5.41, 5.74) is 5.56. The predicted octanol–water partition coefficient (Wildman–Crippen LogP) is 2.29. The third-order valence-electron chi connectivity index (χ3n) is 2.13. The van der Waals surface area contributed by atoms with Gasteiger partial charge in [0.15, 0.2) is 5.84 Å². The van der Waals surface area contributed by atoms with Crippen molar-refractivity contribution in [3.8, 4) is 0 Å². The Morgan fingerprint density at radius 2 is 2.00 bits per heavy atom. The molecule has 3 N–H and O–H groups in total. The van der Waals surface area contributed by atoms with E-state index < -0.39 is 0 Å². The van der Waals surface area contributed by atoms with Gasteiger partial charge in [-0.1, -0.05) is 32.9 Å². The molecule has 0 fully saturated rings. The Bertz CT molecular complexity index is 171. The van der Waals surface area contributed by atoms with Crippen molar-refractivity contribution >= 4 is 17.6 Å². The maximum atomic E-state index is 8.54. The van der Waals surface area contributed by atoms with Gasteiger partial charge in [-0.2, -0.15) is 0 Å². The second kappa shape index (κ2) is 6.13. The van der Waals surface area contributed by atoms with Crippen LogP contribution in [0.1, 0.15) is 34.1 Å². The molecule has 0 bridgehead atoms. The Balaban J connectivity index is 4.13. The second-order valence-corrected chi connectivity index (χ2v) is 5.09. The molecule has 0 heterocycles. The van der Waals surface area contributed by atoms with Gasteiger partial charge < -0.3 is 10.9 Å². The second-order valence-electron chi connectivity index (χ2n) is 3.51. The minimum Gasteiger partial charge on any atom is -0.409 e. The molecule has 0 aliphatic carbocycles. The first kappa shape index (κ1) is 12.6. The van der Waals surface area contributed by atoms with Gasteiger partial charge >= 0.3 is 0 Å². The quantitative estimate of drug-likeness (QED) is 0.313. The van der Waals surface area contributed by atoms with Crippen molar-refractivity contribution in [2.24, 2.45) is 16.8 Å². The molecule has 0 amide bonds. The molecular formula is C9H20N2OS. The zero-order valence-electron chi connectivity index (χ0n) is 8.82. The van der Waals surface area contributed by atoms with Gasteiger partial charge in [0.25, 0.3) is 0 Å². The molecular weight excluding hydrogens is 184 g/mol. The van der Waals surface area contributed by atoms with Gasteiger partial charge in [-0.15, -0.1) is 11.8 Å². The topological polar surface area (TPSA) is 58.6 Å². The van der Waals surface area contributed by atoms with E-state index in [-0.39, 0.29) is 5.25 Å². The van der Waals surface area contributed by atoms with E-state index in [1.54, 1.807) is 11.8 Å². The van der Waals surface area contributed by atoms with Crippen molar-refractivity contribution in [3.63, 3.8) is 0 Å². The van der Waals surface area contributed by atoms with E-state index in [0.717, 1.165) is 6.42 Å². The first-order valence-electron chi connectivity index (χ1n) is 4.65. The predicted molar refractivity (Wildman–Crippen MR) is 59.4 cm³/mol. The molecule has 0 aromatic heterocycles. The Morgan fingerprint density at radius 3 is 2.31 bits per heavy atom. The van der Waals surface area contributed by atoms with Crippen LogP contribution in [0, 0.1) is 5.92 Å². The lowest BCUT2D eigenvalue weighted by molar-refractivity contribution is 0.317. The molecule has 0 aliphatic rings. The monoisotopic (exact) mass is 204 g/mol. The van der Waals surface area contributed by atoms with Crippen molar-refractivity contribution in [2.75, 3.05) is 0 Å². The molecule has 4 heteroatoms. The van der Waals surface area contributed by atoms with Crippen LogP contribution in [0.5, 0.6) is 0 Å². The Labute approximate surface area is 84.8 Å². The summed E-state index contributed by atoms with van der Waals surface area (Å²) in [6.45, 7) is 8.57. The van der Waals surface area contributed by atoms with Gasteiger partial charge in [0.1, 0.15) is 0 Å². The average Bonchev–Trinajstić information content (AvgIpc) is 2.12. The largest absolute Gasteiger partial charge is 0.409 e. The lowest BCUT2D eigenvalue weighted by Crippen LogP contribution is -2.28. The van der Waals surface area contributed by atoms with Crippen LogP contribution in [-0.4, -0.2) is 21.5 Å². The molecule has 2 unspecified atom stereocenters. The first-order valence-corrected chi connectivity index (χ1v) is 5.60. The Morgan fingerprint density at radius 1 is 1.46 bits per heavy atom. The highest BCUT2D eigenvalue weighted by Gasteiger charge is 2.17. The fourth-order valence-electron chi connectivity index (χ4n) is 0.856. The number of oxime groups is 1. The van der Waals surface area contributed by atoms with Crippen LogP contribution in [0.25, 0.3) is 0 Å². The number of hydrogen-bond donors (Lipinski definition) is 2. The highest BCUT2D eigenvalue weighted by atomic mass is 32.2. The maximum absolute atomic E-state index is 8.54. The molecule has 0 aromatic rings. The molecule has 13 heavy (non-hydrogen) atoms. The zero-order chi connectivity index (χ0) is 10.4. The van der Waals surface area contributed by atoms with E-state index in [0.29, 0.717) is 17.0 Å². The summed E-state index contributed by atoms with van der Waals surface area (Å²) in [5.74, 6) is 0.950. The average molecular weight is 204 g/mol. The number of nitrogens with zero attached hydrogens (tertiary/aromatic N) is 1. The summed E-state index contributed by atoms with van der Waals surface area (Å²) >= 11 is 1.77. The van der Waals surface area contributed by atoms with E-state index in [1.807, 2.05) is 6.92 Å². The van der Waals surface area contributed by atoms with Crippen molar-refractivity contribution in [3.05, 3.63) is 0 Å². The molecule has 0 saturated carbocycles. The minimum atomic E-state index is 0.141. The van der Waals surface area contributed by atoms with E-state index >= 15 is 0 Å². The molecule has 3 nitrogen and oxygen atoms in total. The van der Waals surface area contributed by atoms with Crippen molar-refractivity contribution in [1.82, 2.24) is 0 Å². The smallest absolute Gasteiger partial charge is 0.152 e. The number of rotatable bonds is 5. The summed E-state index contributed by atoms with van der Waals surface area (Å²) in [7, 11) is 0. The van der Waals surface area contributed by atoms with Gasteiger partial charge in [-0.3, -0.25) is 0 Å². The molecule has 0 radical (unpaired) electrons. The van der Waals surface area contributed by atoms with Crippen LogP contribution in [0.4, 0.5) is 0 Å². The van der Waals surface area contributed by atoms with Gasteiger partial charge in [0.2, 0.25) is 0 Å². The van der Waals surface area contributed by atoms with Gasteiger partial charge in [-0.05, 0) is 12.3 Å². The highest BCUT2D eigenvalue weighted by Crippen LogP contribution is 2.25. The van der Waals surface area contributed by atoms with E-state index in [1.165, 1.54) is 0 Å². The lowest BCUT2D eigenvalue weighted by atomic mass is 10.2. The normalized spacial score (nSPS) is 17.5. The van der Waals surface area contributed by atoms with Gasteiger partial charge in [0, 0.05) is 5.25 Å². The van der Waals surface area contributed by atoms with Crippen LogP contribution in [-0.2, 0) is 0 Å². The summed E-state index contributed by atoms with van der Waals surface area (Å²) < 4.78 is 0. The number of amidine groups is 1. The van der Waals surface area contributed by atoms with E-state index in [4.69, 9.17) is 10.9 Å². The van der Waals surface area contributed by atoms with Crippen molar-refractivity contribution < 1.29 is 5.21 Å². The number of hydrogen-bond acceptors (Lipinski definition) is 3. The van der Waals surface area contributed by atoms with Crippen LogP contribution in [0.15, 0.2) is 5.16 Å². The van der Waals surface area contributed by atoms with E-state index in [2.05, 4.69) is 25.9 Å². The molecule has 0 spiro atoms. The molecule has 78 valence electrons. The summed E-state index contributed by atoms with van der Waals surface area (Å²) in [4.78, 5) is 0. The third-order valence-corrected chi connectivity index (χ3v) is 4.01. The Hall–Kier alpha value is -0.380. The SMILES string of the molecule is CCC(SC(C)C(C)C)C(N)=NO. The van der Waals surface area contributed by atoms with Crippen LogP contribution >= 0.6 is 11.8 Å². The van der Waals surface area contributed by atoms with Crippen LogP contribution in [0.2, 0.25) is 0 Å². The van der Waals surface area contributed by atoms with Crippen LogP contribution < -0.4 is 5.73 Å². The zero-order valence-corrected chi connectivity index (χ0v) is 9.64. The van der Waals surface area contributed by atoms with Crippen molar-refractivity contribution in [1.29, 1.82) is 0 Å². The molecule has 0 aliphatic heterocycles. The first-order chi connectivity index (χ1) is 6.02. The molecule has 0 aromatic carbocycles. The standard InChI is InChI=1S/C9H20N2OS/c1-5-8(9(10)11-12)13-7(4)6(2)3/h6-8,12H,5H2,1-4H3,(H2,10,11). The number of nitrogens with two attached hydrogens (primary N) is 1. The van der Waals surface area contributed by atoms with Crippen molar-refractivity contribution in [2.45, 2.75) is 44.6 Å². The molecule has 0 rings (SSSR count). The third kappa shape index (κ3) is 4.41. The lowest BCUT2D eigenvalue weighted by Gasteiger charge is -2.20.